The van der Waals surface area contributed by atoms with E-state index in [2.05, 4.69) is 21.5 Å². The summed E-state index contributed by atoms with van der Waals surface area (Å²) in [5.74, 6) is 0.472. The van der Waals surface area contributed by atoms with E-state index in [1.165, 1.54) is 0 Å². The van der Waals surface area contributed by atoms with Crippen molar-refractivity contribution in [2.45, 2.75) is 47.2 Å². The molecule has 4 rings (SSSR count). The monoisotopic (exact) mass is 534 g/mol. The Morgan fingerprint density at radius 2 is 1.79 bits per heavy atom. The molecule has 2 aromatic heterocycles. The van der Waals surface area contributed by atoms with Gasteiger partial charge in [0.2, 0.25) is 0 Å². The van der Waals surface area contributed by atoms with E-state index in [0.717, 1.165) is 16.8 Å². The van der Waals surface area contributed by atoms with Gasteiger partial charge in [0.25, 0.3) is 5.91 Å². The number of rotatable bonds is 11. The van der Waals surface area contributed by atoms with Crippen LogP contribution in [0.2, 0.25) is 0 Å². The van der Waals surface area contributed by atoms with E-state index >= 15 is 0 Å². The number of nitriles is 1. The first-order valence-corrected chi connectivity index (χ1v) is 14.1. The molecule has 0 saturated carbocycles. The first-order valence-electron chi connectivity index (χ1n) is 12.6. The smallest absolute Gasteiger partial charge is 0.320 e. The molecular formula is C27H31N6O4P. The van der Waals surface area contributed by atoms with Crippen LogP contribution in [0.1, 0.15) is 48.2 Å². The molecule has 4 aromatic rings. The lowest BCUT2D eigenvalue weighted by atomic mass is 10.1. The van der Waals surface area contributed by atoms with E-state index in [9.17, 15) is 14.6 Å². The molecule has 38 heavy (non-hydrogen) atoms. The molecule has 0 aliphatic rings. The molecule has 0 radical (unpaired) electrons. The predicted molar refractivity (Wildman–Crippen MR) is 146 cm³/mol. The topological polar surface area (TPSA) is 124 Å². The van der Waals surface area contributed by atoms with Gasteiger partial charge in [0.1, 0.15) is 5.82 Å². The van der Waals surface area contributed by atoms with Crippen LogP contribution in [0.15, 0.2) is 48.5 Å². The molecule has 2 aromatic carbocycles. The number of fused-ring (bicyclic) bond motifs is 1. The fraction of sp³-hybridized carbons (Fsp3) is 0.333. The van der Waals surface area contributed by atoms with Gasteiger partial charge in [-0.05, 0) is 70.0 Å². The molecule has 0 atom stereocenters. The van der Waals surface area contributed by atoms with Gasteiger partial charge in [-0.1, -0.05) is 12.1 Å². The molecule has 0 spiro atoms. The number of hydrogen-bond donors (Lipinski definition) is 1. The maximum Gasteiger partial charge on any atom is 0.361 e. The molecule has 0 fully saturated rings. The molecule has 1 N–H and O–H groups in total. The number of aryl methyl sites for hydroxylation is 4. The first kappa shape index (κ1) is 27.3. The number of amides is 1. The summed E-state index contributed by atoms with van der Waals surface area (Å²) in [7, 11) is -3.36. The Bertz CT molecular complexity index is 1520. The van der Waals surface area contributed by atoms with Gasteiger partial charge in [-0.3, -0.25) is 9.36 Å². The van der Waals surface area contributed by atoms with Crippen molar-refractivity contribution in [3.05, 3.63) is 71.2 Å². The quantitative estimate of drug-likeness (QED) is 0.274. The molecule has 0 aliphatic carbocycles. The molecule has 2 heterocycles. The average molecular weight is 535 g/mol. The zero-order chi connectivity index (χ0) is 27.3. The highest BCUT2D eigenvalue weighted by molar-refractivity contribution is 7.62. The van der Waals surface area contributed by atoms with Crippen LogP contribution in [0.3, 0.4) is 0 Å². The Hall–Kier alpha value is -3.77. The maximum atomic E-state index is 13.4. The lowest BCUT2D eigenvalue weighted by Crippen LogP contribution is -2.21. The van der Waals surface area contributed by atoms with E-state index in [4.69, 9.17) is 9.05 Å². The number of imidazole rings is 1. The molecule has 0 saturated heterocycles. The molecular weight excluding hydrogens is 503 g/mol. The van der Waals surface area contributed by atoms with Crippen molar-refractivity contribution in [1.82, 2.24) is 19.3 Å². The van der Waals surface area contributed by atoms with Crippen molar-refractivity contribution in [3.63, 3.8) is 0 Å². The van der Waals surface area contributed by atoms with Crippen LogP contribution in [0.4, 0.5) is 5.82 Å². The molecule has 1 amide bonds. The fourth-order valence-corrected chi connectivity index (χ4v) is 5.84. The van der Waals surface area contributed by atoms with Crippen LogP contribution >= 0.6 is 7.60 Å². The fourth-order valence-electron chi connectivity index (χ4n) is 4.27. The maximum absolute atomic E-state index is 13.4. The van der Waals surface area contributed by atoms with Crippen molar-refractivity contribution in [1.29, 1.82) is 5.26 Å². The number of benzene rings is 2. The molecule has 198 valence electrons. The van der Waals surface area contributed by atoms with Gasteiger partial charge in [-0.25, -0.2) is 9.67 Å². The normalized spacial score (nSPS) is 11.6. The highest BCUT2D eigenvalue weighted by atomic mass is 31.2. The number of aromatic nitrogens is 4. The summed E-state index contributed by atoms with van der Waals surface area (Å²) < 4.78 is 27.5. The third kappa shape index (κ3) is 5.70. The zero-order valence-electron chi connectivity index (χ0n) is 22.0. The number of hydrogen-bond acceptors (Lipinski definition) is 7. The summed E-state index contributed by atoms with van der Waals surface area (Å²) >= 11 is 0. The third-order valence-corrected chi connectivity index (χ3v) is 8.13. The summed E-state index contributed by atoms with van der Waals surface area (Å²) in [4.78, 5) is 17.9. The Kier molecular flexibility index (Phi) is 8.42. The Morgan fingerprint density at radius 1 is 1.08 bits per heavy atom. The van der Waals surface area contributed by atoms with Gasteiger partial charge in [0.05, 0.1) is 46.9 Å². The number of nitrogens with zero attached hydrogens (tertiary/aromatic N) is 5. The summed E-state index contributed by atoms with van der Waals surface area (Å²) in [6.45, 7) is 9.01. The van der Waals surface area contributed by atoms with Crippen LogP contribution in [-0.4, -0.2) is 38.5 Å². The SMILES string of the molecule is CCOP(=O)(OCC)c1ccc(CCn2c(C(=O)Nc3cc(C)nn3CC)nc3cc(C#N)ccc32)cc1. The second-order valence-corrected chi connectivity index (χ2v) is 10.6. The van der Waals surface area contributed by atoms with Crippen LogP contribution < -0.4 is 10.6 Å². The van der Waals surface area contributed by atoms with Gasteiger partial charge in [0.15, 0.2) is 5.82 Å². The van der Waals surface area contributed by atoms with Crippen molar-refractivity contribution in [2.75, 3.05) is 18.5 Å². The van der Waals surface area contributed by atoms with Crippen LogP contribution in [-0.2, 0) is 33.1 Å². The van der Waals surface area contributed by atoms with Gasteiger partial charge in [-0.15, -0.1) is 0 Å². The number of carbonyl (C=O) groups is 1. The van der Waals surface area contributed by atoms with Crippen molar-refractivity contribution >= 4 is 35.7 Å². The highest BCUT2D eigenvalue weighted by Crippen LogP contribution is 2.46. The molecule has 11 heteroatoms. The average Bonchev–Trinajstić information content (AvgIpc) is 3.46. The minimum atomic E-state index is -3.36. The molecule has 0 aliphatic heterocycles. The molecule has 0 bridgehead atoms. The minimum absolute atomic E-state index is 0.241. The second kappa shape index (κ2) is 11.7. The van der Waals surface area contributed by atoms with Crippen molar-refractivity contribution < 1.29 is 18.4 Å². The van der Waals surface area contributed by atoms with Crippen LogP contribution in [0, 0.1) is 18.3 Å². The Morgan fingerprint density at radius 3 is 2.42 bits per heavy atom. The molecule has 10 nitrogen and oxygen atoms in total. The number of nitrogens with one attached hydrogen (secondary N) is 1. The van der Waals surface area contributed by atoms with Gasteiger partial charge < -0.3 is 18.9 Å². The third-order valence-electron chi connectivity index (χ3n) is 6.00. The Balaban J connectivity index is 1.62. The lowest BCUT2D eigenvalue weighted by Gasteiger charge is -2.17. The summed E-state index contributed by atoms with van der Waals surface area (Å²) in [6.07, 6.45) is 0.589. The standard InChI is InChI=1S/C27H31N6O4P/c1-5-33-25(16-19(4)31-33)30-27(34)26-29-23-17-21(18-28)10-13-24(23)32(26)15-14-20-8-11-22(12-9-20)38(35,36-6-2)37-7-3/h8-13,16-17H,5-7,14-15H2,1-4H3,(H,30,34). The zero-order valence-corrected chi connectivity index (χ0v) is 22.9. The first-order chi connectivity index (χ1) is 18.3. The number of carbonyl (C=O) groups excluding carboxylic acids is 1. The van der Waals surface area contributed by atoms with E-state index in [-0.39, 0.29) is 24.9 Å². The van der Waals surface area contributed by atoms with E-state index in [1.54, 1.807) is 42.8 Å². The van der Waals surface area contributed by atoms with Crippen molar-refractivity contribution in [3.8, 4) is 6.07 Å². The summed E-state index contributed by atoms with van der Waals surface area (Å²) in [6, 6.07) is 16.4. The van der Waals surface area contributed by atoms with Crippen molar-refractivity contribution in [2.24, 2.45) is 0 Å². The summed E-state index contributed by atoms with van der Waals surface area (Å²) in [5.41, 5.74) is 3.57. The van der Waals surface area contributed by atoms with Crippen LogP contribution in [0.25, 0.3) is 11.0 Å². The largest absolute Gasteiger partial charge is 0.361 e. The highest BCUT2D eigenvalue weighted by Gasteiger charge is 2.26. The summed E-state index contributed by atoms with van der Waals surface area (Å²) in [5, 5.41) is 17.1. The lowest BCUT2D eigenvalue weighted by molar-refractivity contribution is 0.101. The van der Waals surface area contributed by atoms with E-state index < -0.39 is 7.60 Å². The van der Waals surface area contributed by atoms with Crippen LogP contribution in [0.5, 0.6) is 0 Å². The molecule has 0 unspecified atom stereocenters. The Labute approximate surface area is 221 Å². The number of anilines is 1. The van der Waals surface area contributed by atoms with Gasteiger partial charge in [-0.2, -0.15) is 10.4 Å². The second-order valence-electron chi connectivity index (χ2n) is 8.59. The van der Waals surface area contributed by atoms with E-state index in [1.807, 2.05) is 42.7 Å². The van der Waals surface area contributed by atoms with Gasteiger partial charge in [0, 0.05) is 19.2 Å². The predicted octanol–water partition coefficient (Wildman–Crippen LogP) is 4.82. The van der Waals surface area contributed by atoms with E-state index in [0.29, 0.717) is 41.7 Å². The van der Waals surface area contributed by atoms with Gasteiger partial charge >= 0.3 is 7.60 Å². The minimum Gasteiger partial charge on any atom is -0.320 e.